The highest BCUT2D eigenvalue weighted by Gasteiger charge is 2.18. The van der Waals surface area contributed by atoms with E-state index >= 15 is 0 Å². The fraction of sp³-hybridized carbons (Fsp3) is 1.00. The molecule has 0 aromatic carbocycles. The zero-order valence-electron chi connectivity index (χ0n) is 10.6. The van der Waals surface area contributed by atoms with E-state index in [9.17, 15) is 0 Å². The maximum Gasteiger partial charge on any atom is 0.0621 e. The zero-order valence-corrected chi connectivity index (χ0v) is 10.6. The molecule has 1 aliphatic carbocycles. The SMILES string of the molecule is CCOCC(NCC1CCCC1)C(C)C. The van der Waals surface area contributed by atoms with Crippen molar-refractivity contribution in [2.75, 3.05) is 19.8 Å². The molecular formula is C13H27NO. The van der Waals surface area contributed by atoms with Crippen molar-refractivity contribution in [1.29, 1.82) is 0 Å². The van der Waals surface area contributed by atoms with Crippen molar-refractivity contribution in [3.63, 3.8) is 0 Å². The van der Waals surface area contributed by atoms with Gasteiger partial charge in [-0.3, -0.25) is 0 Å². The summed E-state index contributed by atoms with van der Waals surface area (Å²) in [6.07, 6.45) is 5.72. The molecule has 0 radical (unpaired) electrons. The van der Waals surface area contributed by atoms with Gasteiger partial charge in [0.1, 0.15) is 0 Å². The molecule has 1 unspecified atom stereocenters. The molecule has 1 N–H and O–H groups in total. The summed E-state index contributed by atoms with van der Waals surface area (Å²) < 4.78 is 5.51. The van der Waals surface area contributed by atoms with Crippen LogP contribution in [0.5, 0.6) is 0 Å². The molecule has 90 valence electrons. The summed E-state index contributed by atoms with van der Waals surface area (Å²) in [6, 6.07) is 0.533. The Morgan fingerprint density at radius 1 is 1.27 bits per heavy atom. The highest BCUT2D eigenvalue weighted by atomic mass is 16.5. The average molecular weight is 213 g/mol. The Labute approximate surface area is 94.8 Å². The Morgan fingerprint density at radius 2 is 1.93 bits per heavy atom. The van der Waals surface area contributed by atoms with Crippen LogP contribution in [0.2, 0.25) is 0 Å². The lowest BCUT2D eigenvalue weighted by molar-refractivity contribution is 0.106. The van der Waals surface area contributed by atoms with Crippen LogP contribution in [0, 0.1) is 11.8 Å². The number of hydrogen-bond donors (Lipinski definition) is 1. The summed E-state index contributed by atoms with van der Waals surface area (Å²) in [5.41, 5.74) is 0. The number of rotatable bonds is 7. The van der Waals surface area contributed by atoms with Gasteiger partial charge < -0.3 is 10.1 Å². The van der Waals surface area contributed by atoms with Crippen LogP contribution in [0.1, 0.15) is 46.5 Å². The minimum atomic E-state index is 0.533. The Bertz CT molecular complexity index is 153. The lowest BCUT2D eigenvalue weighted by atomic mass is 10.0. The van der Waals surface area contributed by atoms with E-state index in [1.165, 1.54) is 32.2 Å². The highest BCUT2D eigenvalue weighted by molar-refractivity contribution is 4.75. The van der Waals surface area contributed by atoms with E-state index in [0.29, 0.717) is 12.0 Å². The minimum absolute atomic E-state index is 0.533. The van der Waals surface area contributed by atoms with Gasteiger partial charge in [0.2, 0.25) is 0 Å². The lowest BCUT2D eigenvalue weighted by Crippen LogP contribution is -2.40. The number of nitrogens with one attached hydrogen (secondary N) is 1. The molecule has 2 heteroatoms. The maximum absolute atomic E-state index is 5.51. The second-order valence-corrected chi connectivity index (χ2v) is 5.07. The fourth-order valence-electron chi connectivity index (χ4n) is 2.26. The smallest absolute Gasteiger partial charge is 0.0621 e. The standard InChI is InChI=1S/C13H27NO/c1-4-15-10-13(11(2)3)14-9-12-7-5-6-8-12/h11-14H,4-10H2,1-3H3. The molecule has 0 bridgehead atoms. The normalized spacial score (nSPS) is 20.0. The van der Waals surface area contributed by atoms with Gasteiger partial charge in [-0.1, -0.05) is 26.7 Å². The molecule has 1 rings (SSSR count). The second-order valence-electron chi connectivity index (χ2n) is 5.07. The first kappa shape index (κ1) is 13.0. The summed E-state index contributed by atoms with van der Waals surface area (Å²) in [4.78, 5) is 0. The van der Waals surface area contributed by atoms with Crippen molar-refractivity contribution < 1.29 is 4.74 Å². The largest absolute Gasteiger partial charge is 0.380 e. The lowest BCUT2D eigenvalue weighted by Gasteiger charge is -2.24. The molecule has 1 aliphatic rings. The monoisotopic (exact) mass is 213 g/mol. The summed E-state index contributed by atoms with van der Waals surface area (Å²) in [7, 11) is 0. The Hall–Kier alpha value is -0.0800. The van der Waals surface area contributed by atoms with Crippen molar-refractivity contribution in [3.05, 3.63) is 0 Å². The summed E-state index contributed by atoms with van der Waals surface area (Å²) >= 11 is 0. The molecule has 0 aromatic rings. The van der Waals surface area contributed by atoms with Crippen LogP contribution >= 0.6 is 0 Å². The van der Waals surface area contributed by atoms with Crippen LogP contribution in [0.3, 0.4) is 0 Å². The Balaban J connectivity index is 2.17. The summed E-state index contributed by atoms with van der Waals surface area (Å²) in [5.74, 6) is 1.59. The quantitative estimate of drug-likeness (QED) is 0.702. The van der Waals surface area contributed by atoms with Crippen LogP contribution in [0.15, 0.2) is 0 Å². The van der Waals surface area contributed by atoms with Gasteiger partial charge in [-0.25, -0.2) is 0 Å². The van der Waals surface area contributed by atoms with Crippen LogP contribution in [0.25, 0.3) is 0 Å². The third-order valence-corrected chi connectivity index (χ3v) is 3.45. The molecule has 2 nitrogen and oxygen atoms in total. The fourth-order valence-corrected chi connectivity index (χ4v) is 2.26. The first-order valence-electron chi connectivity index (χ1n) is 6.55. The number of ether oxygens (including phenoxy) is 1. The van der Waals surface area contributed by atoms with Crippen molar-refractivity contribution in [3.8, 4) is 0 Å². The van der Waals surface area contributed by atoms with E-state index in [4.69, 9.17) is 4.74 Å². The maximum atomic E-state index is 5.51. The number of hydrogen-bond acceptors (Lipinski definition) is 2. The molecule has 0 aromatic heterocycles. The van der Waals surface area contributed by atoms with E-state index in [-0.39, 0.29) is 0 Å². The van der Waals surface area contributed by atoms with Crippen molar-refractivity contribution in [2.45, 2.75) is 52.5 Å². The van der Waals surface area contributed by atoms with Crippen LogP contribution in [-0.2, 0) is 4.74 Å². The summed E-state index contributed by atoms with van der Waals surface area (Å²) in [6.45, 7) is 9.48. The third-order valence-electron chi connectivity index (χ3n) is 3.45. The van der Waals surface area contributed by atoms with E-state index in [1.54, 1.807) is 0 Å². The molecule has 0 heterocycles. The topological polar surface area (TPSA) is 21.3 Å². The van der Waals surface area contributed by atoms with E-state index in [2.05, 4.69) is 26.1 Å². The van der Waals surface area contributed by atoms with Crippen LogP contribution in [-0.4, -0.2) is 25.8 Å². The molecule has 1 atom stereocenters. The van der Waals surface area contributed by atoms with Gasteiger partial charge in [-0.2, -0.15) is 0 Å². The molecular weight excluding hydrogens is 186 g/mol. The van der Waals surface area contributed by atoms with Crippen LogP contribution in [0.4, 0.5) is 0 Å². The molecule has 0 aliphatic heterocycles. The molecule has 15 heavy (non-hydrogen) atoms. The van der Waals surface area contributed by atoms with Crippen molar-refractivity contribution in [1.82, 2.24) is 5.32 Å². The Kier molecular flexibility index (Phi) is 6.26. The molecule has 0 spiro atoms. The first-order valence-corrected chi connectivity index (χ1v) is 6.55. The van der Waals surface area contributed by atoms with Gasteiger partial charge in [-0.05, 0) is 38.1 Å². The van der Waals surface area contributed by atoms with Crippen molar-refractivity contribution in [2.24, 2.45) is 11.8 Å². The molecule has 1 fully saturated rings. The third kappa shape index (κ3) is 4.98. The van der Waals surface area contributed by atoms with E-state index in [0.717, 1.165) is 19.1 Å². The summed E-state index contributed by atoms with van der Waals surface area (Å²) in [5, 5.41) is 3.67. The van der Waals surface area contributed by atoms with E-state index in [1.807, 2.05) is 0 Å². The minimum Gasteiger partial charge on any atom is -0.380 e. The molecule has 0 saturated heterocycles. The van der Waals surface area contributed by atoms with Gasteiger partial charge >= 0.3 is 0 Å². The Morgan fingerprint density at radius 3 is 2.47 bits per heavy atom. The molecule has 0 amide bonds. The highest BCUT2D eigenvalue weighted by Crippen LogP contribution is 2.24. The van der Waals surface area contributed by atoms with Gasteiger partial charge in [0, 0.05) is 12.6 Å². The zero-order chi connectivity index (χ0) is 11.1. The van der Waals surface area contributed by atoms with Crippen molar-refractivity contribution >= 4 is 0 Å². The predicted molar refractivity (Wildman–Crippen MR) is 65.1 cm³/mol. The molecule has 1 saturated carbocycles. The van der Waals surface area contributed by atoms with Gasteiger partial charge in [0.05, 0.1) is 6.61 Å². The predicted octanol–water partition coefficient (Wildman–Crippen LogP) is 2.83. The van der Waals surface area contributed by atoms with Gasteiger partial charge in [-0.15, -0.1) is 0 Å². The van der Waals surface area contributed by atoms with Gasteiger partial charge in [0.25, 0.3) is 0 Å². The van der Waals surface area contributed by atoms with Gasteiger partial charge in [0.15, 0.2) is 0 Å². The average Bonchev–Trinajstić information content (AvgIpc) is 2.70. The first-order chi connectivity index (χ1) is 7.24. The second kappa shape index (κ2) is 7.24. The van der Waals surface area contributed by atoms with Crippen LogP contribution < -0.4 is 5.32 Å². The van der Waals surface area contributed by atoms with E-state index < -0.39 is 0 Å².